The van der Waals surface area contributed by atoms with Gasteiger partial charge in [0, 0.05) is 19.2 Å². The topological polar surface area (TPSA) is 38.0 Å². The Balaban J connectivity index is 2.06. The van der Waals surface area contributed by atoms with Gasteiger partial charge in [0.25, 0.3) is 0 Å². The maximum Gasteiger partial charge on any atom is 0.416 e. The highest BCUT2D eigenvalue weighted by molar-refractivity contribution is 5.26. The summed E-state index contributed by atoms with van der Waals surface area (Å²) in [4.78, 5) is 0. The lowest BCUT2D eigenvalue weighted by Gasteiger charge is -2.13. The Morgan fingerprint density at radius 3 is 2.52 bits per heavy atom. The third kappa shape index (κ3) is 4.07. The molecule has 1 heterocycles. The Morgan fingerprint density at radius 2 is 1.95 bits per heavy atom. The van der Waals surface area contributed by atoms with Crippen LogP contribution < -0.4 is 0 Å². The van der Waals surface area contributed by atoms with Gasteiger partial charge in [-0.15, -0.1) is 0 Å². The monoisotopic (exact) mass is 298 g/mol. The van der Waals surface area contributed by atoms with E-state index >= 15 is 0 Å². The largest absolute Gasteiger partial charge is 0.416 e. The standard InChI is InChI=1S/C15H17F3N2O/c1-10-6-13(20(2)19-10)9-14(21)8-11-4-3-5-12(7-11)15(16,17)18/h3-7,14,21H,8-9H2,1-2H3. The van der Waals surface area contributed by atoms with Crippen molar-refractivity contribution < 1.29 is 18.3 Å². The number of rotatable bonds is 4. The molecule has 0 aliphatic carbocycles. The second-order valence-electron chi connectivity index (χ2n) is 5.16. The van der Waals surface area contributed by atoms with Crippen LogP contribution in [0.15, 0.2) is 30.3 Å². The molecular formula is C15H17F3N2O. The molecule has 0 bridgehead atoms. The van der Waals surface area contributed by atoms with Crippen molar-refractivity contribution in [2.45, 2.75) is 32.0 Å². The van der Waals surface area contributed by atoms with Gasteiger partial charge in [0.1, 0.15) is 0 Å². The fourth-order valence-electron chi connectivity index (χ4n) is 2.32. The van der Waals surface area contributed by atoms with Gasteiger partial charge in [0.2, 0.25) is 0 Å². The fraction of sp³-hybridized carbons (Fsp3) is 0.400. The van der Waals surface area contributed by atoms with Crippen molar-refractivity contribution in [3.8, 4) is 0 Å². The molecule has 2 aromatic rings. The van der Waals surface area contributed by atoms with Gasteiger partial charge in [-0.3, -0.25) is 4.68 Å². The van der Waals surface area contributed by atoms with Crippen molar-refractivity contribution in [3.05, 3.63) is 52.8 Å². The molecule has 114 valence electrons. The van der Waals surface area contributed by atoms with E-state index in [1.165, 1.54) is 6.07 Å². The average Bonchev–Trinajstić information content (AvgIpc) is 2.67. The highest BCUT2D eigenvalue weighted by Gasteiger charge is 2.30. The molecule has 1 unspecified atom stereocenters. The average molecular weight is 298 g/mol. The molecular weight excluding hydrogens is 281 g/mol. The van der Waals surface area contributed by atoms with E-state index in [1.807, 2.05) is 13.0 Å². The van der Waals surface area contributed by atoms with Gasteiger partial charge >= 0.3 is 6.18 Å². The summed E-state index contributed by atoms with van der Waals surface area (Å²) in [6, 6.07) is 6.92. The number of nitrogens with zero attached hydrogens (tertiary/aromatic N) is 2. The molecule has 2 rings (SSSR count). The van der Waals surface area contributed by atoms with E-state index in [4.69, 9.17) is 0 Å². The van der Waals surface area contributed by atoms with Crippen molar-refractivity contribution in [2.24, 2.45) is 7.05 Å². The molecule has 0 amide bonds. The summed E-state index contributed by atoms with van der Waals surface area (Å²) < 4.78 is 39.6. The Labute approximate surface area is 121 Å². The zero-order chi connectivity index (χ0) is 15.6. The van der Waals surface area contributed by atoms with Gasteiger partial charge in [-0.25, -0.2) is 0 Å². The van der Waals surface area contributed by atoms with Crippen LogP contribution in [-0.2, 0) is 26.1 Å². The summed E-state index contributed by atoms with van der Waals surface area (Å²) in [5.74, 6) is 0. The molecule has 1 aromatic heterocycles. The van der Waals surface area contributed by atoms with Gasteiger partial charge in [-0.05, 0) is 31.0 Å². The first-order valence-corrected chi connectivity index (χ1v) is 6.59. The van der Waals surface area contributed by atoms with Crippen LogP contribution in [-0.4, -0.2) is 21.0 Å². The number of hydrogen-bond donors (Lipinski definition) is 1. The minimum absolute atomic E-state index is 0.175. The van der Waals surface area contributed by atoms with Gasteiger partial charge in [0.05, 0.1) is 17.4 Å². The fourth-order valence-corrected chi connectivity index (χ4v) is 2.32. The van der Waals surface area contributed by atoms with E-state index in [0.717, 1.165) is 23.5 Å². The van der Waals surface area contributed by atoms with Crippen LogP contribution in [0.4, 0.5) is 13.2 Å². The molecule has 0 radical (unpaired) electrons. The third-order valence-electron chi connectivity index (χ3n) is 3.27. The molecule has 6 heteroatoms. The van der Waals surface area contributed by atoms with E-state index < -0.39 is 17.8 Å². The van der Waals surface area contributed by atoms with Gasteiger partial charge in [-0.2, -0.15) is 18.3 Å². The lowest BCUT2D eigenvalue weighted by Crippen LogP contribution is -2.16. The molecule has 0 saturated heterocycles. The highest BCUT2D eigenvalue weighted by Crippen LogP contribution is 2.29. The summed E-state index contributed by atoms with van der Waals surface area (Å²) in [7, 11) is 1.78. The van der Waals surface area contributed by atoms with E-state index in [0.29, 0.717) is 12.0 Å². The smallest absolute Gasteiger partial charge is 0.392 e. The van der Waals surface area contributed by atoms with E-state index in [9.17, 15) is 18.3 Å². The summed E-state index contributed by atoms with van der Waals surface area (Å²) in [5, 5.41) is 14.2. The van der Waals surface area contributed by atoms with Crippen LogP contribution in [0.1, 0.15) is 22.5 Å². The summed E-state index contributed by atoms with van der Waals surface area (Å²) in [6.45, 7) is 1.85. The molecule has 0 spiro atoms. The molecule has 21 heavy (non-hydrogen) atoms. The van der Waals surface area contributed by atoms with E-state index in [1.54, 1.807) is 17.8 Å². The first-order chi connectivity index (χ1) is 9.75. The first-order valence-electron chi connectivity index (χ1n) is 6.59. The van der Waals surface area contributed by atoms with E-state index in [2.05, 4.69) is 5.10 Å². The minimum Gasteiger partial charge on any atom is -0.392 e. The SMILES string of the molecule is Cc1cc(CC(O)Cc2cccc(C(F)(F)F)c2)n(C)n1. The van der Waals surface area contributed by atoms with Crippen LogP contribution in [0.2, 0.25) is 0 Å². The molecule has 0 aliphatic heterocycles. The predicted molar refractivity (Wildman–Crippen MR) is 72.8 cm³/mol. The maximum absolute atomic E-state index is 12.6. The summed E-state index contributed by atoms with van der Waals surface area (Å²) in [5.41, 5.74) is 1.48. The van der Waals surface area contributed by atoms with Crippen LogP contribution in [0.5, 0.6) is 0 Å². The number of halogens is 3. The lowest BCUT2D eigenvalue weighted by atomic mass is 10.0. The van der Waals surface area contributed by atoms with E-state index in [-0.39, 0.29) is 6.42 Å². The highest BCUT2D eigenvalue weighted by atomic mass is 19.4. The number of benzene rings is 1. The minimum atomic E-state index is -4.36. The Bertz CT molecular complexity index is 620. The molecule has 0 fully saturated rings. The summed E-state index contributed by atoms with van der Waals surface area (Å²) in [6.07, 6.45) is -4.58. The Morgan fingerprint density at radius 1 is 1.24 bits per heavy atom. The number of aliphatic hydroxyl groups is 1. The zero-order valence-electron chi connectivity index (χ0n) is 11.9. The van der Waals surface area contributed by atoms with Crippen LogP contribution >= 0.6 is 0 Å². The Kier molecular flexibility index (Phi) is 4.37. The number of aromatic nitrogens is 2. The van der Waals surface area contributed by atoms with Crippen LogP contribution in [0.25, 0.3) is 0 Å². The first kappa shape index (κ1) is 15.6. The Hall–Kier alpha value is -1.82. The number of aryl methyl sites for hydroxylation is 2. The molecule has 3 nitrogen and oxygen atoms in total. The van der Waals surface area contributed by atoms with Gasteiger partial charge in [-0.1, -0.05) is 18.2 Å². The van der Waals surface area contributed by atoms with Crippen molar-refractivity contribution in [3.63, 3.8) is 0 Å². The number of hydrogen-bond acceptors (Lipinski definition) is 2. The second kappa shape index (κ2) is 5.89. The molecule has 0 aliphatic rings. The van der Waals surface area contributed by atoms with Crippen LogP contribution in [0, 0.1) is 6.92 Å². The number of aliphatic hydroxyl groups excluding tert-OH is 1. The van der Waals surface area contributed by atoms with Crippen molar-refractivity contribution >= 4 is 0 Å². The molecule has 1 N–H and O–H groups in total. The molecule has 0 saturated carbocycles. The zero-order valence-corrected chi connectivity index (χ0v) is 11.9. The molecule has 1 atom stereocenters. The number of alkyl halides is 3. The van der Waals surface area contributed by atoms with Gasteiger partial charge in [0.15, 0.2) is 0 Å². The lowest BCUT2D eigenvalue weighted by molar-refractivity contribution is -0.137. The quantitative estimate of drug-likeness (QED) is 0.942. The van der Waals surface area contributed by atoms with Gasteiger partial charge < -0.3 is 5.11 Å². The van der Waals surface area contributed by atoms with Crippen molar-refractivity contribution in [1.29, 1.82) is 0 Å². The van der Waals surface area contributed by atoms with Crippen molar-refractivity contribution in [1.82, 2.24) is 9.78 Å². The summed E-state index contributed by atoms with van der Waals surface area (Å²) >= 11 is 0. The van der Waals surface area contributed by atoms with Crippen molar-refractivity contribution in [2.75, 3.05) is 0 Å². The normalized spacial score (nSPS) is 13.4. The maximum atomic E-state index is 12.6. The molecule has 1 aromatic carbocycles. The second-order valence-corrected chi connectivity index (χ2v) is 5.16. The third-order valence-corrected chi connectivity index (χ3v) is 3.27. The predicted octanol–water partition coefficient (Wildman–Crippen LogP) is 2.89. The van der Waals surface area contributed by atoms with Crippen LogP contribution in [0.3, 0.4) is 0 Å².